The van der Waals surface area contributed by atoms with Gasteiger partial charge in [-0.05, 0) is 54.5 Å². The van der Waals surface area contributed by atoms with Crippen LogP contribution >= 0.6 is 0 Å². The summed E-state index contributed by atoms with van der Waals surface area (Å²) in [4.78, 5) is 21.2. The highest BCUT2D eigenvalue weighted by molar-refractivity contribution is 5.94. The maximum atomic E-state index is 11.1. The van der Waals surface area contributed by atoms with E-state index in [1.807, 2.05) is 42.6 Å². The molecule has 1 unspecified atom stereocenters. The molecule has 0 spiro atoms. The summed E-state index contributed by atoms with van der Waals surface area (Å²) in [6.45, 7) is 3.05. The number of nitrogens with two attached hydrogens (primary N) is 1. The number of amides is 1. The average molecular weight is 457 g/mol. The number of nitrogens with one attached hydrogen (secondary N) is 1. The average Bonchev–Trinajstić information content (AvgIpc) is 3.27. The van der Waals surface area contributed by atoms with E-state index in [9.17, 15) is 4.79 Å². The van der Waals surface area contributed by atoms with E-state index in [1.165, 1.54) is 5.57 Å². The Balaban J connectivity index is 1.16. The van der Waals surface area contributed by atoms with Gasteiger partial charge in [-0.1, -0.05) is 6.08 Å². The first-order chi connectivity index (χ1) is 16.6. The van der Waals surface area contributed by atoms with Gasteiger partial charge in [0.15, 0.2) is 11.5 Å². The number of pyridine rings is 1. The number of nitrogens with zero attached hydrogens (tertiary/aromatic N) is 2. The van der Waals surface area contributed by atoms with E-state index < -0.39 is 6.09 Å². The van der Waals surface area contributed by atoms with Crippen LogP contribution < -0.4 is 19.9 Å². The van der Waals surface area contributed by atoms with E-state index in [0.717, 1.165) is 64.9 Å². The maximum absolute atomic E-state index is 11.1. The molecule has 1 amide bonds. The van der Waals surface area contributed by atoms with Gasteiger partial charge < -0.3 is 24.9 Å². The summed E-state index contributed by atoms with van der Waals surface area (Å²) < 4.78 is 17.4. The van der Waals surface area contributed by atoms with Crippen LogP contribution in [0.3, 0.4) is 0 Å². The van der Waals surface area contributed by atoms with Gasteiger partial charge in [-0.15, -0.1) is 0 Å². The monoisotopic (exact) mass is 456 g/mol. The highest BCUT2D eigenvalue weighted by Crippen LogP contribution is 2.38. The zero-order valence-electron chi connectivity index (χ0n) is 18.5. The molecule has 1 atom stereocenters. The van der Waals surface area contributed by atoms with E-state index in [2.05, 4.69) is 20.9 Å². The Hall–Kier alpha value is -4.04. The number of primary amides is 1. The quantitative estimate of drug-likeness (QED) is 0.479. The number of rotatable bonds is 4. The Morgan fingerprint density at radius 1 is 1.24 bits per heavy atom. The molecule has 4 heterocycles. The van der Waals surface area contributed by atoms with Crippen LogP contribution in [0.15, 0.2) is 60.9 Å². The zero-order chi connectivity index (χ0) is 23.1. The lowest BCUT2D eigenvalue weighted by Gasteiger charge is -2.33. The lowest BCUT2D eigenvalue weighted by atomic mass is 9.98. The first kappa shape index (κ1) is 20.6. The van der Waals surface area contributed by atoms with Crippen LogP contribution in [0, 0.1) is 0 Å². The van der Waals surface area contributed by atoms with Crippen molar-refractivity contribution >= 4 is 33.5 Å². The van der Waals surface area contributed by atoms with Gasteiger partial charge >= 0.3 is 6.09 Å². The molecule has 6 rings (SSSR count). The largest absolute Gasteiger partial charge is 0.486 e. The van der Waals surface area contributed by atoms with Crippen LogP contribution in [0.1, 0.15) is 12.0 Å². The van der Waals surface area contributed by atoms with Crippen LogP contribution in [0.25, 0.3) is 27.4 Å². The van der Waals surface area contributed by atoms with Crippen molar-refractivity contribution in [3.8, 4) is 17.2 Å². The number of carbonyl (C=O) groups is 1. The second-order valence-corrected chi connectivity index (χ2v) is 8.58. The van der Waals surface area contributed by atoms with E-state index >= 15 is 0 Å². The van der Waals surface area contributed by atoms with E-state index in [0.29, 0.717) is 12.4 Å². The SMILES string of the molecule is NC(=O)Oc1ccc2[nH]cc(C3=CCN(CC4COc5ccc6ncccc6c5O4)CC3)c2c1. The molecule has 172 valence electrons. The molecule has 0 bridgehead atoms. The van der Waals surface area contributed by atoms with Crippen molar-refractivity contribution in [2.75, 3.05) is 26.2 Å². The molecule has 8 nitrogen and oxygen atoms in total. The highest BCUT2D eigenvalue weighted by atomic mass is 16.6. The number of hydrogen-bond donors (Lipinski definition) is 2. The second-order valence-electron chi connectivity index (χ2n) is 8.58. The van der Waals surface area contributed by atoms with Crippen LogP contribution in [-0.4, -0.2) is 53.3 Å². The zero-order valence-corrected chi connectivity index (χ0v) is 18.5. The standard InChI is InChI=1S/C26H24N4O4/c27-26(31)34-17-3-4-23-20(12-17)21(13-29-23)16-7-10-30(11-8-16)14-18-15-32-24-6-5-22-19(25(24)33-18)2-1-9-28-22/h1-7,9,12-13,18,29H,8,10-11,14-15H2,(H2,27,31). The predicted octanol–water partition coefficient (Wildman–Crippen LogP) is 4.10. The number of aromatic nitrogens is 2. The fourth-order valence-corrected chi connectivity index (χ4v) is 4.77. The summed E-state index contributed by atoms with van der Waals surface area (Å²) >= 11 is 0. The molecular formula is C26H24N4O4. The molecule has 2 aliphatic rings. The van der Waals surface area contributed by atoms with E-state index in [1.54, 1.807) is 12.3 Å². The number of benzene rings is 2. The molecule has 0 saturated carbocycles. The Morgan fingerprint density at radius 2 is 2.18 bits per heavy atom. The van der Waals surface area contributed by atoms with Crippen molar-refractivity contribution in [3.05, 3.63) is 66.5 Å². The first-order valence-corrected chi connectivity index (χ1v) is 11.3. The fraction of sp³-hybridized carbons (Fsp3) is 0.231. The summed E-state index contributed by atoms with van der Waals surface area (Å²) in [7, 11) is 0. The van der Waals surface area contributed by atoms with Crippen LogP contribution in [-0.2, 0) is 0 Å². The smallest absolute Gasteiger partial charge is 0.409 e. The molecule has 0 aliphatic carbocycles. The molecule has 8 heteroatoms. The summed E-state index contributed by atoms with van der Waals surface area (Å²) in [6, 6.07) is 13.3. The third-order valence-corrected chi connectivity index (χ3v) is 6.38. The minimum absolute atomic E-state index is 0.0464. The molecule has 0 saturated heterocycles. The van der Waals surface area contributed by atoms with Crippen molar-refractivity contribution in [3.63, 3.8) is 0 Å². The van der Waals surface area contributed by atoms with Crippen LogP contribution in [0.2, 0.25) is 0 Å². The molecule has 2 aliphatic heterocycles. The number of aromatic amines is 1. The molecule has 3 N–H and O–H groups in total. The molecular weight excluding hydrogens is 432 g/mol. The molecule has 34 heavy (non-hydrogen) atoms. The van der Waals surface area contributed by atoms with Crippen LogP contribution in [0.4, 0.5) is 4.79 Å². The van der Waals surface area contributed by atoms with Gasteiger partial charge in [-0.2, -0.15) is 0 Å². The summed E-state index contributed by atoms with van der Waals surface area (Å²) in [5.41, 5.74) is 9.44. The van der Waals surface area contributed by atoms with Crippen molar-refractivity contribution in [2.24, 2.45) is 5.73 Å². The Labute approximate surface area is 195 Å². The Morgan fingerprint density at radius 3 is 3.03 bits per heavy atom. The molecule has 2 aromatic heterocycles. The third kappa shape index (κ3) is 3.82. The van der Waals surface area contributed by atoms with Crippen LogP contribution in [0.5, 0.6) is 17.2 Å². The maximum Gasteiger partial charge on any atom is 0.409 e. The molecule has 0 fully saturated rings. The summed E-state index contributed by atoms with van der Waals surface area (Å²) in [5, 5.41) is 1.99. The minimum atomic E-state index is -0.815. The molecule has 4 aromatic rings. The minimum Gasteiger partial charge on any atom is -0.486 e. The number of hydrogen-bond acceptors (Lipinski definition) is 6. The normalized spacial score (nSPS) is 18.1. The number of H-pyrrole nitrogens is 1. The van der Waals surface area contributed by atoms with Crippen molar-refractivity contribution in [2.45, 2.75) is 12.5 Å². The van der Waals surface area contributed by atoms with Gasteiger partial charge in [-0.3, -0.25) is 9.88 Å². The Kier molecular flexibility index (Phi) is 5.07. The number of carbonyl (C=O) groups excluding carboxylic acids is 1. The van der Waals surface area contributed by atoms with E-state index in [-0.39, 0.29) is 6.10 Å². The van der Waals surface area contributed by atoms with Crippen molar-refractivity contribution in [1.29, 1.82) is 0 Å². The van der Waals surface area contributed by atoms with Gasteiger partial charge in [0.05, 0.1) is 5.52 Å². The van der Waals surface area contributed by atoms with Gasteiger partial charge in [-0.25, -0.2) is 4.79 Å². The van der Waals surface area contributed by atoms with Gasteiger partial charge in [0.2, 0.25) is 0 Å². The first-order valence-electron chi connectivity index (χ1n) is 11.3. The lowest BCUT2D eigenvalue weighted by molar-refractivity contribution is 0.0632. The number of ether oxygens (including phenoxy) is 3. The van der Waals surface area contributed by atoms with Gasteiger partial charge in [0.1, 0.15) is 18.5 Å². The summed E-state index contributed by atoms with van der Waals surface area (Å²) in [5.74, 6) is 2.00. The lowest BCUT2D eigenvalue weighted by Crippen LogP contribution is -2.42. The predicted molar refractivity (Wildman–Crippen MR) is 129 cm³/mol. The molecule has 2 aromatic carbocycles. The second kappa shape index (κ2) is 8.39. The van der Waals surface area contributed by atoms with Crippen molar-refractivity contribution < 1.29 is 19.0 Å². The van der Waals surface area contributed by atoms with Gasteiger partial charge in [0.25, 0.3) is 0 Å². The Bertz CT molecular complexity index is 1430. The summed E-state index contributed by atoms with van der Waals surface area (Å²) in [6.07, 6.45) is 6.09. The number of fused-ring (bicyclic) bond motifs is 4. The van der Waals surface area contributed by atoms with E-state index in [4.69, 9.17) is 19.9 Å². The van der Waals surface area contributed by atoms with Gasteiger partial charge in [0, 0.05) is 53.9 Å². The highest BCUT2D eigenvalue weighted by Gasteiger charge is 2.26. The molecule has 0 radical (unpaired) electrons. The van der Waals surface area contributed by atoms with Crippen molar-refractivity contribution in [1.82, 2.24) is 14.9 Å². The topological polar surface area (TPSA) is 103 Å². The third-order valence-electron chi connectivity index (χ3n) is 6.38. The fourth-order valence-electron chi connectivity index (χ4n) is 4.77.